The van der Waals surface area contributed by atoms with Crippen molar-refractivity contribution in [2.24, 2.45) is 0 Å². The van der Waals surface area contributed by atoms with E-state index in [1.807, 2.05) is 33.8 Å². The van der Waals surface area contributed by atoms with Crippen molar-refractivity contribution in [2.45, 2.75) is 40.2 Å². The molecule has 2 aromatic rings. The molecule has 0 aliphatic heterocycles. The third kappa shape index (κ3) is 2.82. The van der Waals surface area contributed by atoms with Crippen LogP contribution in [0.1, 0.15) is 47.8 Å². The first-order valence-electron chi connectivity index (χ1n) is 7.28. The van der Waals surface area contributed by atoms with Gasteiger partial charge in [0.1, 0.15) is 0 Å². The molecule has 0 saturated carbocycles. The van der Waals surface area contributed by atoms with E-state index in [-0.39, 0.29) is 17.2 Å². The van der Waals surface area contributed by atoms with Gasteiger partial charge in [-0.3, -0.25) is 9.59 Å². The van der Waals surface area contributed by atoms with Gasteiger partial charge < -0.3 is 4.57 Å². The van der Waals surface area contributed by atoms with Crippen molar-refractivity contribution in [1.29, 1.82) is 0 Å². The van der Waals surface area contributed by atoms with Gasteiger partial charge >= 0.3 is 0 Å². The lowest BCUT2D eigenvalue weighted by molar-refractivity contribution is 0.112. The maximum atomic E-state index is 12.5. The average Bonchev–Trinajstić information content (AvgIpc) is 2.48. The summed E-state index contributed by atoms with van der Waals surface area (Å²) in [7, 11) is 0. The van der Waals surface area contributed by atoms with Crippen LogP contribution in [0.5, 0.6) is 0 Å². The standard InChI is InChI=1S/C18H21NO2/c1-5-14(4)19-17(9-8-15(11-20)18(19)21)16-10-12(2)6-7-13(16)3/h6-11,14H,5H2,1-4H3. The summed E-state index contributed by atoms with van der Waals surface area (Å²) in [5.41, 5.74) is 4.20. The molecule has 110 valence electrons. The van der Waals surface area contributed by atoms with E-state index in [4.69, 9.17) is 0 Å². The number of hydrogen-bond donors (Lipinski definition) is 0. The van der Waals surface area contributed by atoms with E-state index in [0.29, 0.717) is 6.29 Å². The Morgan fingerprint density at radius 2 is 1.90 bits per heavy atom. The molecule has 1 heterocycles. The molecule has 1 aromatic carbocycles. The molecule has 0 saturated heterocycles. The molecule has 1 unspecified atom stereocenters. The van der Waals surface area contributed by atoms with Crippen LogP contribution < -0.4 is 5.56 Å². The molecule has 0 aliphatic carbocycles. The first-order valence-corrected chi connectivity index (χ1v) is 7.28. The highest BCUT2D eigenvalue weighted by Gasteiger charge is 2.15. The molecule has 0 N–H and O–H groups in total. The van der Waals surface area contributed by atoms with Gasteiger partial charge in [-0.15, -0.1) is 0 Å². The Bertz CT molecular complexity index is 728. The monoisotopic (exact) mass is 283 g/mol. The van der Waals surface area contributed by atoms with Crippen molar-refractivity contribution < 1.29 is 4.79 Å². The summed E-state index contributed by atoms with van der Waals surface area (Å²) in [4.78, 5) is 23.6. The largest absolute Gasteiger partial charge is 0.305 e. The van der Waals surface area contributed by atoms with Gasteiger partial charge in [0.15, 0.2) is 6.29 Å². The van der Waals surface area contributed by atoms with Crippen LogP contribution in [0.15, 0.2) is 35.1 Å². The minimum absolute atomic E-state index is 0.0484. The average molecular weight is 283 g/mol. The van der Waals surface area contributed by atoms with Crippen LogP contribution in [-0.4, -0.2) is 10.9 Å². The van der Waals surface area contributed by atoms with Crippen molar-refractivity contribution in [3.05, 3.63) is 57.4 Å². The van der Waals surface area contributed by atoms with Crippen molar-refractivity contribution in [3.63, 3.8) is 0 Å². The quantitative estimate of drug-likeness (QED) is 0.798. The van der Waals surface area contributed by atoms with Crippen molar-refractivity contribution >= 4 is 6.29 Å². The molecule has 0 spiro atoms. The van der Waals surface area contributed by atoms with E-state index in [9.17, 15) is 9.59 Å². The summed E-state index contributed by atoms with van der Waals surface area (Å²) in [6, 6.07) is 9.74. The number of pyridine rings is 1. The van der Waals surface area contributed by atoms with Crippen LogP contribution in [0.25, 0.3) is 11.3 Å². The van der Waals surface area contributed by atoms with Gasteiger partial charge in [-0.25, -0.2) is 0 Å². The molecule has 3 nitrogen and oxygen atoms in total. The molecule has 0 amide bonds. The van der Waals surface area contributed by atoms with Gasteiger partial charge in [0.25, 0.3) is 5.56 Å². The Hall–Kier alpha value is -2.16. The molecule has 0 fully saturated rings. The summed E-state index contributed by atoms with van der Waals surface area (Å²) in [6.45, 7) is 8.12. The topological polar surface area (TPSA) is 39.1 Å². The van der Waals surface area contributed by atoms with E-state index in [0.717, 1.165) is 28.8 Å². The molecule has 3 heteroatoms. The maximum absolute atomic E-state index is 12.5. The van der Waals surface area contributed by atoms with Crippen LogP contribution in [0.4, 0.5) is 0 Å². The molecule has 0 bridgehead atoms. The minimum Gasteiger partial charge on any atom is -0.305 e. The second kappa shape index (κ2) is 6.08. The van der Waals surface area contributed by atoms with E-state index in [1.54, 1.807) is 10.6 Å². The number of carbonyl (C=O) groups is 1. The molecular formula is C18H21NO2. The Labute approximate surface area is 125 Å². The van der Waals surface area contributed by atoms with Crippen LogP contribution >= 0.6 is 0 Å². The number of hydrogen-bond acceptors (Lipinski definition) is 2. The first-order chi connectivity index (χ1) is 9.99. The van der Waals surface area contributed by atoms with Crippen LogP contribution in [0.3, 0.4) is 0 Å². The van der Waals surface area contributed by atoms with Crippen LogP contribution in [-0.2, 0) is 0 Å². The predicted molar refractivity (Wildman–Crippen MR) is 86.0 cm³/mol. The van der Waals surface area contributed by atoms with Gasteiger partial charge in [0.05, 0.1) is 11.3 Å². The second-order valence-electron chi connectivity index (χ2n) is 5.54. The molecule has 21 heavy (non-hydrogen) atoms. The third-order valence-electron chi connectivity index (χ3n) is 3.97. The van der Waals surface area contributed by atoms with Crippen molar-refractivity contribution in [2.75, 3.05) is 0 Å². The fraction of sp³-hybridized carbons (Fsp3) is 0.333. The number of benzene rings is 1. The summed E-state index contributed by atoms with van der Waals surface area (Å²) >= 11 is 0. The zero-order valence-electron chi connectivity index (χ0n) is 13.0. The SMILES string of the molecule is CCC(C)n1c(-c2cc(C)ccc2C)ccc(C=O)c1=O. The number of nitrogens with zero attached hydrogens (tertiary/aromatic N) is 1. The van der Waals surface area contributed by atoms with Crippen LogP contribution in [0, 0.1) is 13.8 Å². The van der Waals surface area contributed by atoms with Crippen molar-refractivity contribution in [1.82, 2.24) is 4.57 Å². The van der Waals surface area contributed by atoms with E-state index in [2.05, 4.69) is 18.2 Å². The van der Waals surface area contributed by atoms with Gasteiger partial charge in [-0.1, -0.05) is 24.6 Å². The zero-order chi connectivity index (χ0) is 15.6. The minimum atomic E-state index is -0.210. The van der Waals surface area contributed by atoms with E-state index < -0.39 is 0 Å². The molecule has 0 radical (unpaired) electrons. The summed E-state index contributed by atoms with van der Waals surface area (Å²) in [5.74, 6) is 0. The molecule has 1 aromatic heterocycles. The number of aryl methyl sites for hydroxylation is 2. The number of carbonyl (C=O) groups excluding carboxylic acids is 1. The maximum Gasteiger partial charge on any atom is 0.261 e. The van der Waals surface area contributed by atoms with Crippen molar-refractivity contribution in [3.8, 4) is 11.3 Å². The Morgan fingerprint density at radius 1 is 1.19 bits per heavy atom. The van der Waals surface area contributed by atoms with Gasteiger partial charge in [-0.2, -0.15) is 0 Å². The predicted octanol–water partition coefficient (Wildman–Crippen LogP) is 3.92. The molecule has 2 rings (SSSR count). The van der Waals surface area contributed by atoms with E-state index >= 15 is 0 Å². The highest BCUT2D eigenvalue weighted by Crippen LogP contribution is 2.26. The van der Waals surface area contributed by atoms with Crippen LogP contribution in [0.2, 0.25) is 0 Å². The van der Waals surface area contributed by atoms with Gasteiger partial charge in [0.2, 0.25) is 0 Å². The Balaban J connectivity index is 2.80. The summed E-state index contributed by atoms with van der Waals surface area (Å²) in [6.07, 6.45) is 1.47. The second-order valence-corrected chi connectivity index (χ2v) is 5.54. The zero-order valence-corrected chi connectivity index (χ0v) is 13.0. The molecule has 1 atom stereocenters. The first kappa shape index (κ1) is 15.2. The highest BCUT2D eigenvalue weighted by atomic mass is 16.1. The lowest BCUT2D eigenvalue weighted by Gasteiger charge is -2.20. The smallest absolute Gasteiger partial charge is 0.261 e. The van der Waals surface area contributed by atoms with Gasteiger partial charge in [0, 0.05) is 11.6 Å². The summed E-state index contributed by atoms with van der Waals surface area (Å²) in [5, 5.41) is 0. The Kier molecular flexibility index (Phi) is 4.41. The summed E-state index contributed by atoms with van der Waals surface area (Å²) < 4.78 is 1.74. The molecule has 0 aliphatic rings. The van der Waals surface area contributed by atoms with Gasteiger partial charge in [-0.05, 0) is 51.0 Å². The number of aromatic nitrogens is 1. The fourth-order valence-corrected chi connectivity index (χ4v) is 2.51. The third-order valence-corrected chi connectivity index (χ3v) is 3.97. The van der Waals surface area contributed by atoms with E-state index in [1.165, 1.54) is 0 Å². The highest BCUT2D eigenvalue weighted by molar-refractivity contribution is 5.76. The number of aldehydes is 1. The number of rotatable bonds is 4. The molecular weight excluding hydrogens is 262 g/mol. The normalized spacial score (nSPS) is 12.2. The Morgan fingerprint density at radius 3 is 2.52 bits per heavy atom. The lowest BCUT2D eigenvalue weighted by Crippen LogP contribution is -2.27. The fourth-order valence-electron chi connectivity index (χ4n) is 2.51. The lowest BCUT2D eigenvalue weighted by atomic mass is 10.0.